The van der Waals surface area contributed by atoms with Gasteiger partial charge in [-0.15, -0.1) is 11.8 Å². The third-order valence-corrected chi connectivity index (χ3v) is 10.2. The van der Waals surface area contributed by atoms with Crippen molar-refractivity contribution in [3.63, 3.8) is 0 Å². The molecule has 0 radical (unpaired) electrons. The van der Waals surface area contributed by atoms with Gasteiger partial charge in [-0.3, -0.25) is 4.79 Å². The lowest BCUT2D eigenvalue weighted by Crippen LogP contribution is -2.56. The summed E-state index contributed by atoms with van der Waals surface area (Å²) in [6, 6.07) is 49.7. The Bertz CT molecular complexity index is 1740. The smallest absolute Gasteiger partial charge is 0.185 e. The lowest BCUT2D eigenvalue weighted by atomic mass is 9.87. The number of carbonyl (C=O) groups is 1. The molecule has 0 aromatic heterocycles. The monoisotopic (exact) mass is 672 g/mol. The number of ether oxygens (including phenoxy) is 5. The molecular formula is C42H40O6S. The van der Waals surface area contributed by atoms with Crippen LogP contribution < -0.4 is 0 Å². The summed E-state index contributed by atoms with van der Waals surface area (Å²) in [6.07, 6.45) is -1.76. The fraction of sp³-hybridized carbons (Fsp3) is 0.262. The van der Waals surface area contributed by atoms with Gasteiger partial charge >= 0.3 is 0 Å². The molecule has 0 saturated carbocycles. The van der Waals surface area contributed by atoms with Crippen LogP contribution in [0.4, 0.5) is 0 Å². The summed E-state index contributed by atoms with van der Waals surface area (Å²) in [5.74, 6) is 0.464. The van der Waals surface area contributed by atoms with Crippen LogP contribution in [-0.4, -0.2) is 42.7 Å². The summed E-state index contributed by atoms with van der Waals surface area (Å²) in [5, 5.41) is 0. The van der Waals surface area contributed by atoms with E-state index in [1.54, 1.807) is 11.8 Å². The fourth-order valence-electron chi connectivity index (χ4n) is 6.37. The zero-order valence-corrected chi connectivity index (χ0v) is 28.0. The summed E-state index contributed by atoms with van der Waals surface area (Å²) in [4.78, 5) is 15.2. The maximum atomic E-state index is 14.1. The van der Waals surface area contributed by atoms with E-state index in [1.807, 2.05) is 140 Å². The molecule has 7 heteroatoms. The second kappa shape index (κ2) is 16.1. The number of hydrogen-bond donors (Lipinski definition) is 0. The predicted octanol–water partition coefficient (Wildman–Crippen LogP) is 8.78. The first kappa shape index (κ1) is 33.4. The topological polar surface area (TPSA) is 63.2 Å². The molecule has 5 aromatic rings. The van der Waals surface area contributed by atoms with Crippen molar-refractivity contribution < 1.29 is 28.5 Å². The zero-order valence-electron chi connectivity index (χ0n) is 27.2. The summed E-state index contributed by atoms with van der Waals surface area (Å²) in [6.45, 7) is 0.723. The Labute approximate surface area is 292 Å². The van der Waals surface area contributed by atoms with Gasteiger partial charge in [-0.1, -0.05) is 140 Å². The number of ketones is 1. The number of Topliss-reactive ketones (excluding diaryl/α,β-unsaturated/α-hetero) is 1. The number of benzene rings is 5. The Balaban J connectivity index is 1.22. The molecule has 0 aliphatic carbocycles. The van der Waals surface area contributed by atoms with Crippen molar-refractivity contribution in [2.24, 2.45) is 0 Å². The van der Waals surface area contributed by atoms with Crippen molar-refractivity contribution in [3.05, 3.63) is 174 Å². The normalized spacial score (nSPS) is 23.2. The van der Waals surface area contributed by atoms with Crippen molar-refractivity contribution in [1.29, 1.82) is 0 Å². The average Bonchev–Trinajstić information content (AvgIpc) is 3.17. The van der Waals surface area contributed by atoms with Crippen LogP contribution in [0, 0.1) is 0 Å². The molecular weight excluding hydrogens is 633 g/mol. The standard InChI is InChI=1S/C42H40O6S/c43-36(32-18-8-2-9-19-32)27-42(34-22-12-4-13-23-34,30-49-35-24-14-5-15-25-35)48-41-38(44-28-31-16-6-1-7-17-31)26-37-39(47-41)29-45-40(46-37)33-20-10-3-11-21-33/h1-25,37-41H,26-30H2/t37-,38+,39+,40+,41+,42+/m0/s1. The minimum Gasteiger partial charge on any atom is -0.368 e. The molecule has 0 bridgehead atoms. The molecule has 49 heavy (non-hydrogen) atoms. The van der Waals surface area contributed by atoms with Gasteiger partial charge in [-0.25, -0.2) is 0 Å². The van der Waals surface area contributed by atoms with Crippen LogP contribution in [0.2, 0.25) is 0 Å². The van der Waals surface area contributed by atoms with Gasteiger partial charge in [0.2, 0.25) is 0 Å². The Kier molecular flexibility index (Phi) is 11.0. The summed E-state index contributed by atoms with van der Waals surface area (Å²) >= 11 is 1.66. The Morgan fingerprint density at radius 2 is 1.33 bits per heavy atom. The first-order chi connectivity index (χ1) is 24.1. The highest BCUT2D eigenvalue weighted by molar-refractivity contribution is 7.99. The van der Waals surface area contributed by atoms with Crippen LogP contribution >= 0.6 is 11.8 Å². The molecule has 2 fully saturated rings. The van der Waals surface area contributed by atoms with Gasteiger partial charge in [0.15, 0.2) is 18.4 Å². The van der Waals surface area contributed by atoms with Gasteiger partial charge in [-0.2, -0.15) is 0 Å². The van der Waals surface area contributed by atoms with Crippen LogP contribution in [0.3, 0.4) is 0 Å². The summed E-state index contributed by atoms with van der Waals surface area (Å²) < 4.78 is 33.4. The largest absolute Gasteiger partial charge is 0.368 e. The van der Waals surface area contributed by atoms with Crippen LogP contribution in [0.5, 0.6) is 0 Å². The molecule has 250 valence electrons. The number of thioether (sulfide) groups is 1. The van der Waals surface area contributed by atoms with Crippen LogP contribution in [0.15, 0.2) is 157 Å². The maximum absolute atomic E-state index is 14.1. The lowest BCUT2D eigenvalue weighted by molar-refractivity contribution is -0.356. The maximum Gasteiger partial charge on any atom is 0.185 e. The molecule has 2 aliphatic heterocycles. The van der Waals surface area contributed by atoms with E-state index in [9.17, 15) is 4.79 Å². The molecule has 6 nitrogen and oxygen atoms in total. The number of fused-ring (bicyclic) bond motifs is 1. The van der Waals surface area contributed by atoms with Crippen LogP contribution in [-0.2, 0) is 35.9 Å². The molecule has 7 rings (SSSR count). The predicted molar refractivity (Wildman–Crippen MR) is 190 cm³/mol. The molecule has 2 saturated heterocycles. The van der Waals surface area contributed by atoms with Crippen molar-refractivity contribution in [2.75, 3.05) is 12.4 Å². The molecule has 0 amide bonds. The van der Waals surface area contributed by atoms with Crippen molar-refractivity contribution in [2.45, 2.75) is 60.8 Å². The third-order valence-electron chi connectivity index (χ3n) is 8.98. The molecule has 2 aliphatic rings. The molecule has 5 aromatic carbocycles. The van der Waals surface area contributed by atoms with Crippen molar-refractivity contribution in [1.82, 2.24) is 0 Å². The van der Waals surface area contributed by atoms with E-state index in [4.69, 9.17) is 23.7 Å². The van der Waals surface area contributed by atoms with Gasteiger partial charge in [0.05, 0.1) is 19.3 Å². The highest BCUT2D eigenvalue weighted by Gasteiger charge is 2.48. The van der Waals surface area contributed by atoms with Crippen LogP contribution in [0.25, 0.3) is 0 Å². The molecule has 0 N–H and O–H groups in total. The fourth-order valence-corrected chi connectivity index (χ4v) is 7.45. The van der Waals surface area contributed by atoms with Crippen molar-refractivity contribution >= 4 is 17.5 Å². The second-order valence-electron chi connectivity index (χ2n) is 12.4. The highest BCUT2D eigenvalue weighted by atomic mass is 32.2. The molecule has 0 spiro atoms. The van der Waals surface area contributed by atoms with E-state index in [2.05, 4.69) is 12.1 Å². The van der Waals surface area contributed by atoms with E-state index in [-0.39, 0.29) is 24.4 Å². The van der Waals surface area contributed by atoms with Crippen LogP contribution in [0.1, 0.15) is 46.2 Å². The summed E-state index contributed by atoms with van der Waals surface area (Å²) in [7, 11) is 0. The Morgan fingerprint density at radius 3 is 2.02 bits per heavy atom. The second-order valence-corrected chi connectivity index (χ2v) is 13.5. The molecule has 2 heterocycles. The van der Waals surface area contributed by atoms with Gasteiger partial charge in [0.25, 0.3) is 0 Å². The number of hydrogen-bond acceptors (Lipinski definition) is 7. The minimum absolute atomic E-state index is 0.0106. The number of rotatable bonds is 13. The first-order valence-electron chi connectivity index (χ1n) is 16.8. The van der Waals surface area contributed by atoms with E-state index < -0.39 is 24.3 Å². The first-order valence-corrected chi connectivity index (χ1v) is 17.8. The van der Waals surface area contributed by atoms with Gasteiger partial charge in [-0.05, 0) is 23.3 Å². The van der Waals surface area contributed by atoms with E-state index in [0.29, 0.717) is 31.0 Å². The molecule has 0 unspecified atom stereocenters. The Hall–Kier alpha value is -4.08. The Morgan fingerprint density at radius 1 is 0.714 bits per heavy atom. The van der Waals surface area contributed by atoms with E-state index in [1.165, 1.54) is 0 Å². The minimum atomic E-state index is -1.05. The lowest BCUT2D eigenvalue weighted by Gasteiger charge is -2.47. The molecule has 6 atom stereocenters. The zero-order chi connectivity index (χ0) is 33.3. The van der Waals surface area contributed by atoms with Gasteiger partial charge in [0.1, 0.15) is 17.8 Å². The average molecular weight is 673 g/mol. The summed E-state index contributed by atoms with van der Waals surface area (Å²) in [5.41, 5.74) is 2.49. The number of carbonyl (C=O) groups excluding carboxylic acids is 1. The van der Waals surface area contributed by atoms with E-state index >= 15 is 0 Å². The quantitative estimate of drug-likeness (QED) is 0.0916. The third kappa shape index (κ3) is 8.39. The van der Waals surface area contributed by atoms with Gasteiger partial charge < -0.3 is 23.7 Å². The van der Waals surface area contributed by atoms with Crippen molar-refractivity contribution in [3.8, 4) is 0 Å². The van der Waals surface area contributed by atoms with Gasteiger partial charge in [0, 0.05) is 34.6 Å². The highest BCUT2D eigenvalue weighted by Crippen LogP contribution is 2.42. The SMILES string of the molecule is O=C(C[C@](CSc1ccccc1)(O[C@H]1O[C@@H]2CO[C@@H](c3ccccc3)O[C@H]2C[C@H]1OCc1ccccc1)c1ccccc1)c1ccccc1. The van der Waals surface area contributed by atoms with E-state index in [0.717, 1.165) is 21.6 Å².